The minimum Gasteiger partial charge on any atom is -0.486 e. The third-order valence-corrected chi connectivity index (χ3v) is 3.24. The summed E-state index contributed by atoms with van der Waals surface area (Å²) >= 11 is 0. The van der Waals surface area contributed by atoms with Gasteiger partial charge in [0.05, 0.1) is 11.0 Å². The minimum atomic E-state index is 0.394. The van der Waals surface area contributed by atoms with E-state index in [0.29, 0.717) is 12.2 Å². The van der Waals surface area contributed by atoms with Gasteiger partial charge in [-0.25, -0.2) is 4.98 Å². The van der Waals surface area contributed by atoms with Gasteiger partial charge in [0.15, 0.2) is 0 Å². The zero-order valence-corrected chi connectivity index (χ0v) is 11.1. The van der Waals surface area contributed by atoms with Crippen LogP contribution in [0.1, 0.15) is 16.2 Å². The Balaban J connectivity index is 1.88. The van der Waals surface area contributed by atoms with E-state index < -0.39 is 0 Å². The molecule has 0 N–H and O–H groups in total. The molecule has 4 nitrogen and oxygen atoms in total. The highest BCUT2D eigenvalue weighted by Gasteiger charge is 2.08. The van der Waals surface area contributed by atoms with Crippen LogP contribution < -0.4 is 4.74 Å². The number of carbonyl (C=O) groups is 1. The van der Waals surface area contributed by atoms with Crippen molar-refractivity contribution in [3.63, 3.8) is 0 Å². The van der Waals surface area contributed by atoms with Crippen LogP contribution in [0.15, 0.2) is 48.5 Å². The van der Waals surface area contributed by atoms with Crippen LogP contribution in [0, 0.1) is 0 Å². The lowest BCUT2D eigenvalue weighted by Gasteiger charge is -2.05. The summed E-state index contributed by atoms with van der Waals surface area (Å²) in [6.07, 6.45) is 0.840. The van der Waals surface area contributed by atoms with Crippen LogP contribution in [-0.2, 0) is 13.7 Å². The maximum Gasteiger partial charge on any atom is 0.150 e. The average Bonchev–Trinajstić information content (AvgIpc) is 2.82. The molecule has 3 aromatic rings. The van der Waals surface area contributed by atoms with Crippen molar-refractivity contribution in [1.29, 1.82) is 0 Å². The molecule has 0 aliphatic carbocycles. The van der Waals surface area contributed by atoms with E-state index in [0.717, 1.165) is 28.9 Å². The van der Waals surface area contributed by atoms with Crippen molar-refractivity contribution >= 4 is 17.3 Å². The Morgan fingerprint density at radius 3 is 2.75 bits per heavy atom. The molecular weight excluding hydrogens is 252 g/mol. The average molecular weight is 266 g/mol. The SMILES string of the molecule is Cn1c(COc2ccccc2)nc2ccc(C=O)cc21. The quantitative estimate of drug-likeness (QED) is 0.682. The number of para-hydroxylation sites is 1. The highest BCUT2D eigenvalue weighted by molar-refractivity contribution is 5.85. The molecule has 0 aliphatic heterocycles. The van der Waals surface area contributed by atoms with Crippen LogP contribution >= 0.6 is 0 Å². The zero-order valence-electron chi connectivity index (χ0n) is 11.1. The van der Waals surface area contributed by atoms with Gasteiger partial charge in [-0.05, 0) is 30.3 Å². The number of hydrogen-bond donors (Lipinski definition) is 0. The molecule has 0 saturated heterocycles. The topological polar surface area (TPSA) is 44.1 Å². The fourth-order valence-electron chi connectivity index (χ4n) is 2.12. The van der Waals surface area contributed by atoms with E-state index in [9.17, 15) is 4.79 Å². The van der Waals surface area contributed by atoms with Crippen molar-refractivity contribution in [1.82, 2.24) is 9.55 Å². The summed E-state index contributed by atoms with van der Waals surface area (Å²) in [6.45, 7) is 0.394. The molecule has 0 fully saturated rings. The number of hydrogen-bond acceptors (Lipinski definition) is 3. The number of aromatic nitrogens is 2. The number of aryl methyl sites for hydroxylation is 1. The lowest BCUT2D eigenvalue weighted by Crippen LogP contribution is -2.03. The monoisotopic (exact) mass is 266 g/mol. The predicted octanol–water partition coefficient (Wildman–Crippen LogP) is 2.96. The van der Waals surface area contributed by atoms with Gasteiger partial charge in [0.1, 0.15) is 24.5 Å². The number of fused-ring (bicyclic) bond motifs is 1. The van der Waals surface area contributed by atoms with Crippen molar-refractivity contribution in [2.45, 2.75) is 6.61 Å². The Bertz CT molecular complexity index is 748. The highest BCUT2D eigenvalue weighted by atomic mass is 16.5. The number of rotatable bonds is 4. The van der Waals surface area contributed by atoms with Gasteiger partial charge in [-0.1, -0.05) is 18.2 Å². The van der Waals surface area contributed by atoms with E-state index in [1.807, 2.05) is 54.1 Å². The Hall–Kier alpha value is -2.62. The third-order valence-electron chi connectivity index (χ3n) is 3.24. The molecule has 0 radical (unpaired) electrons. The van der Waals surface area contributed by atoms with E-state index in [-0.39, 0.29) is 0 Å². The van der Waals surface area contributed by atoms with E-state index in [1.54, 1.807) is 6.07 Å². The van der Waals surface area contributed by atoms with Crippen LogP contribution in [0.3, 0.4) is 0 Å². The first-order chi connectivity index (χ1) is 9.78. The molecule has 20 heavy (non-hydrogen) atoms. The summed E-state index contributed by atoms with van der Waals surface area (Å²) < 4.78 is 7.66. The molecule has 3 rings (SSSR count). The molecule has 4 heteroatoms. The maximum atomic E-state index is 10.8. The smallest absolute Gasteiger partial charge is 0.150 e. The summed E-state index contributed by atoms with van der Waals surface area (Å²) in [6, 6.07) is 15.1. The van der Waals surface area contributed by atoms with Crippen LogP contribution in [0.25, 0.3) is 11.0 Å². The molecule has 2 aromatic carbocycles. The summed E-state index contributed by atoms with van der Waals surface area (Å²) in [4.78, 5) is 15.3. The van der Waals surface area contributed by atoms with Gasteiger partial charge in [0.25, 0.3) is 0 Å². The standard InChI is InChI=1S/C16H14N2O2/c1-18-15-9-12(10-19)7-8-14(15)17-16(18)11-20-13-5-3-2-4-6-13/h2-10H,11H2,1H3. The number of carbonyl (C=O) groups excluding carboxylic acids is 1. The van der Waals surface area contributed by atoms with Crippen molar-refractivity contribution in [2.24, 2.45) is 7.05 Å². The number of aldehydes is 1. The van der Waals surface area contributed by atoms with Crippen molar-refractivity contribution in [3.05, 3.63) is 59.9 Å². The van der Waals surface area contributed by atoms with Gasteiger partial charge in [-0.15, -0.1) is 0 Å². The number of nitrogens with zero attached hydrogens (tertiary/aromatic N) is 2. The fraction of sp³-hybridized carbons (Fsp3) is 0.125. The Labute approximate surface area is 116 Å². The van der Waals surface area contributed by atoms with Crippen molar-refractivity contribution in [2.75, 3.05) is 0 Å². The van der Waals surface area contributed by atoms with Gasteiger partial charge in [0, 0.05) is 12.6 Å². The molecule has 1 aromatic heterocycles. The van der Waals surface area contributed by atoms with Crippen LogP contribution in [-0.4, -0.2) is 15.8 Å². The summed E-state index contributed by atoms with van der Waals surface area (Å²) in [7, 11) is 1.92. The van der Waals surface area contributed by atoms with Crippen molar-refractivity contribution < 1.29 is 9.53 Å². The molecule has 0 aliphatic rings. The van der Waals surface area contributed by atoms with Crippen molar-refractivity contribution in [3.8, 4) is 5.75 Å². The Morgan fingerprint density at radius 1 is 1.20 bits per heavy atom. The van der Waals surface area contributed by atoms with Crippen LogP contribution in [0.2, 0.25) is 0 Å². The summed E-state index contributed by atoms with van der Waals surface area (Å²) in [5, 5.41) is 0. The summed E-state index contributed by atoms with van der Waals surface area (Å²) in [5.74, 6) is 1.64. The first-order valence-electron chi connectivity index (χ1n) is 6.36. The first kappa shape index (κ1) is 12.4. The molecule has 0 unspecified atom stereocenters. The molecule has 0 atom stereocenters. The van der Waals surface area contributed by atoms with Gasteiger partial charge in [-0.2, -0.15) is 0 Å². The van der Waals surface area contributed by atoms with E-state index in [2.05, 4.69) is 4.98 Å². The maximum absolute atomic E-state index is 10.8. The van der Waals surface area contributed by atoms with Gasteiger partial charge in [0.2, 0.25) is 0 Å². The second-order valence-corrected chi connectivity index (χ2v) is 4.55. The summed E-state index contributed by atoms with van der Waals surface area (Å²) in [5.41, 5.74) is 2.45. The molecule has 0 spiro atoms. The molecule has 100 valence electrons. The fourth-order valence-corrected chi connectivity index (χ4v) is 2.12. The lowest BCUT2D eigenvalue weighted by molar-refractivity contribution is 0.112. The number of benzene rings is 2. The van der Waals surface area contributed by atoms with Crippen LogP contribution in [0.4, 0.5) is 0 Å². The number of imidazole rings is 1. The van der Waals surface area contributed by atoms with E-state index >= 15 is 0 Å². The molecule has 0 bridgehead atoms. The largest absolute Gasteiger partial charge is 0.486 e. The second kappa shape index (κ2) is 5.17. The van der Waals surface area contributed by atoms with E-state index in [4.69, 9.17) is 4.74 Å². The molecular formula is C16H14N2O2. The number of ether oxygens (including phenoxy) is 1. The Morgan fingerprint density at radius 2 is 2.00 bits per heavy atom. The minimum absolute atomic E-state index is 0.394. The molecule has 0 amide bonds. The second-order valence-electron chi connectivity index (χ2n) is 4.55. The van der Waals surface area contributed by atoms with Gasteiger partial charge >= 0.3 is 0 Å². The Kier molecular flexibility index (Phi) is 3.21. The van der Waals surface area contributed by atoms with Gasteiger partial charge < -0.3 is 9.30 Å². The first-order valence-corrected chi connectivity index (χ1v) is 6.36. The zero-order chi connectivity index (χ0) is 13.9. The predicted molar refractivity (Wildman–Crippen MR) is 76.9 cm³/mol. The van der Waals surface area contributed by atoms with Gasteiger partial charge in [-0.3, -0.25) is 4.79 Å². The van der Waals surface area contributed by atoms with E-state index in [1.165, 1.54) is 0 Å². The molecule has 0 saturated carbocycles. The normalized spacial score (nSPS) is 10.7. The highest BCUT2D eigenvalue weighted by Crippen LogP contribution is 2.18. The lowest BCUT2D eigenvalue weighted by atomic mass is 10.2. The molecule has 1 heterocycles. The third kappa shape index (κ3) is 2.28. The van der Waals surface area contributed by atoms with Crippen LogP contribution in [0.5, 0.6) is 5.75 Å².